The Hall–Kier alpha value is -1.39. The van der Waals surface area contributed by atoms with Crippen LogP contribution in [0, 0.1) is 5.41 Å². The number of morpholine rings is 1. The van der Waals surface area contributed by atoms with Gasteiger partial charge in [-0.3, -0.25) is 9.69 Å². The molecule has 26 heavy (non-hydrogen) atoms. The van der Waals surface area contributed by atoms with Crippen LogP contribution in [0.3, 0.4) is 0 Å². The molecule has 4 heteroatoms. The van der Waals surface area contributed by atoms with Crippen molar-refractivity contribution in [1.29, 1.82) is 0 Å². The van der Waals surface area contributed by atoms with Crippen LogP contribution in [0.25, 0.3) is 0 Å². The molecule has 2 fully saturated rings. The lowest BCUT2D eigenvalue weighted by Gasteiger charge is -2.38. The van der Waals surface area contributed by atoms with E-state index in [0.717, 1.165) is 64.1 Å². The number of esters is 1. The van der Waals surface area contributed by atoms with E-state index in [9.17, 15) is 4.79 Å². The molecule has 1 heterocycles. The summed E-state index contributed by atoms with van der Waals surface area (Å²) in [7, 11) is 0. The molecule has 1 saturated heterocycles. The van der Waals surface area contributed by atoms with Crippen molar-refractivity contribution < 1.29 is 14.3 Å². The standard InChI is InChI=1S/C22H33NO3/c1-21(2,17-23-13-15-25-16-14-23)18-26-20(24)22(11-7-4-8-12-22)19-9-5-3-6-10-19/h3,5-6,9-10H,4,7-8,11-18H2,1-2H3. The van der Waals surface area contributed by atoms with Crippen molar-refractivity contribution in [2.75, 3.05) is 39.5 Å². The molecule has 0 N–H and O–H groups in total. The summed E-state index contributed by atoms with van der Waals surface area (Å²) >= 11 is 0. The van der Waals surface area contributed by atoms with Crippen LogP contribution in [-0.4, -0.2) is 50.3 Å². The fraction of sp³-hybridized carbons (Fsp3) is 0.682. The summed E-state index contributed by atoms with van der Waals surface area (Å²) < 4.78 is 11.4. The van der Waals surface area contributed by atoms with Crippen LogP contribution >= 0.6 is 0 Å². The molecule has 144 valence electrons. The van der Waals surface area contributed by atoms with Gasteiger partial charge in [-0.25, -0.2) is 0 Å². The summed E-state index contributed by atoms with van der Waals surface area (Å²) in [5.41, 5.74) is 0.615. The number of ether oxygens (including phenoxy) is 2. The third-order valence-electron chi connectivity index (χ3n) is 5.77. The van der Waals surface area contributed by atoms with Crippen LogP contribution in [0.5, 0.6) is 0 Å². The van der Waals surface area contributed by atoms with Crippen molar-refractivity contribution in [3.63, 3.8) is 0 Å². The Morgan fingerprint density at radius 1 is 1.12 bits per heavy atom. The molecule has 1 saturated carbocycles. The van der Waals surface area contributed by atoms with Crippen LogP contribution in [0.15, 0.2) is 30.3 Å². The van der Waals surface area contributed by atoms with E-state index in [2.05, 4.69) is 30.9 Å². The number of carbonyl (C=O) groups is 1. The predicted molar refractivity (Wildman–Crippen MR) is 103 cm³/mol. The summed E-state index contributed by atoms with van der Waals surface area (Å²) in [6.07, 6.45) is 5.21. The molecule has 1 aromatic rings. The molecule has 3 rings (SSSR count). The Morgan fingerprint density at radius 3 is 2.42 bits per heavy atom. The lowest BCUT2D eigenvalue weighted by Crippen LogP contribution is -2.45. The second-order valence-electron chi connectivity index (χ2n) is 8.64. The smallest absolute Gasteiger partial charge is 0.316 e. The zero-order valence-corrected chi connectivity index (χ0v) is 16.3. The first-order valence-electron chi connectivity index (χ1n) is 10.0. The molecule has 0 amide bonds. The molecule has 0 bridgehead atoms. The van der Waals surface area contributed by atoms with E-state index in [1.807, 2.05) is 18.2 Å². The zero-order chi connectivity index (χ0) is 18.5. The number of benzene rings is 1. The topological polar surface area (TPSA) is 38.8 Å². The van der Waals surface area contributed by atoms with Crippen molar-refractivity contribution in [2.24, 2.45) is 5.41 Å². The average Bonchev–Trinajstić information content (AvgIpc) is 2.68. The lowest BCUT2D eigenvalue weighted by atomic mass is 9.69. The summed E-state index contributed by atoms with van der Waals surface area (Å²) in [6, 6.07) is 10.2. The molecule has 1 aliphatic carbocycles. The van der Waals surface area contributed by atoms with E-state index >= 15 is 0 Å². The molecule has 0 atom stereocenters. The summed E-state index contributed by atoms with van der Waals surface area (Å²) in [5.74, 6) is -0.0292. The molecule has 4 nitrogen and oxygen atoms in total. The maximum Gasteiger partial charge on any atom is 0.316 e. The number of carbonyl (C=O) groups excluding carboxylic acids is 1. The average molecular weight is 360 g/mol. The summed E-state index contributed by atoms with van der Waals surface area (Å²) in [6.45, 7) is 9.30. The maximum atomic E-state index is 13.2. The molecule has 0 radical (unpaired) electrons. The van der Waals surface area contributed by atoms with E-state index < -0.39 is 5.41 Å². The van der Waals surface area contributed by atoms with Gasteiger partial charge in [0, 0.05) is 25.0 Å². The van der Waals surface area contributed by atoms with Gasteiger partial charge in [-0.1, -0.05) is 63.4 Å². The van der Waals surface area contributed by atoms with Gasteiger partial charge < -0.3 is 9.47 Å². The van der Waals surface area contributed by atoms with E-state index in [-0.39, 0.29) is 11.4 Å². The highest BCUT2D eigenvalue weighted by Crippen LogP contribution is 2.40. The van der Waals surface area contributed by atoms with Gasteiger partial charge in [-0.15, -0.1) is 0 Å². The van der Waals surface area contributed by atoms with Crippen LogP contribution < -0.4 is 0 Å². The lowest BCUT2D eigenvalue weighted by molar-refractivity contribution is -0.156. The molecular weight excluding hydrogens is 326 g/mol. The summed E-state index contributed by atoms with van der Waals surface area (Å²) in [5, 5.41) is 0. The molecule has 0 spiro atoms. The quantitative estimate of drug-likeness (QED) is 0.725. The molecule has 1 aromatic carbocycles. The van der Waals surface area contributed by atoms with Crippen LogP contribution in [0.1, 0.15) is 51.5 Å². The zero-order valence-electron chi connectivity index (χ0n) is 16.3. The fourth-order valence-corrected chi connectivity index (χ4v) is 4.33. The summed E-state index contributed by atoms with van der Waals surface area (Å²) in [4.78, 5) is 15.6. The van der Waals surface area contributed by atoms with Gasteiger partial charge >= 0.3 is 5.97 Å². The van der Waals surface area contributed by atoms with Gasteiger partial charge in [0.05, 0.1) is 25.2 Å². The minimum absolute atomic E-state index is 0.0292. The van der Waals surface area contributed by atoms with Gasteiger partial charge in [0.1, 0.15) is 0 Å². The maximum absolute atomic E-state index is 13.2. The van der Waals surface area contributed by atoms with Gasteiger partial charge in [0.25, 0.3) is 0 Å². The number of rotatable bonds is 6. The molecular formula is C22H33NO3. The highest BCUT2D eigenvalue weighted by molar-refractivity contribution is 5.83. The number of hydrogen-bond acceptors (Lipinski definition) is 4. The molecule has 0 unspecified atom stereocenters. The van der Waals surface area contributed by atoms with Crippen molar-refractivity contribution in [1.82, 2.24) is 4.90 Å². The first-order chi connectivity index (χ1) is 12.5. The van der Waals surface area contributed by atoms with Crippen LogP contribution in [-0.2, 0) is 19.7 Å². The second-order valence-corrected chi connectivity index (χ2v) is 8.64. The first kappa shape index (κ1) is 19.4. The Labute approximate surface area is 157 Å². The van der Waals surface area contributed by atoms with Crippen molar-refractivity contribution in [3.05, 3.63) is 35.9 Å². The van der Waals surface area contributed by atoms with Gasteiger partial charge in [0.2, 0.25) is 0 Å². The van der Waals surface area contributed by atoms with Gasteiger partial charge in [0.15, 0.2) is 0 Å². The van der Waals surface area contributed by atoms with E-state index in [4.69, 9.17) is 9.47 Å². The first-order valence-corrected chi connectivity index (χ1v) is 10.0. The Balaban J connectivity index is 1.64. The molecule has 0 aromatic heterocycles. The second kappa shape index (κ2) is 8.53. The molecule has 2 aliphatic rings. The highest BCUT2D eigenvalue weighted by atomic mass is 16.5. The predicted octanol–water partition coefficient (Wildman–Crippen LogP) is 3.79. The van der Waals surface area contributed by atoms with Crippen LogP contribution in [0.4, 0.5) is 0 Å². The van der Waals surface area contributed by atoms with E-state index in [0.29, 0.717) is 6.61 Å². The SMILES string of the molecule is CC(C)(COC(=O)C1(c2ccccc2)CCCCC1)CN1CCOCC1. The monoisotopic (exact) mass is 359 g/mol. The van der Waals surface area contributed by atoms with E-state index in [1.165, 1.54) is 6.42 Å². The normalized spacial score (nSPS) is 21.3. The third kappa shape index (κ3) is 4.66. The highest BCUT2D eigenvalue weighted by Gasteiger charge is 2.43. The van der Waals surface area contributed by atoms with E-state index in [1.54, 1.807) is 0 Å². The number of hydrogen-bond donors (Lipinski definition) is 0. The number of nitrogens with zero attached hydrogens (tertiary/aromatic N) is 1. The fourth-order valence-electron chi connectivity index (χ4n) is 4.33. The molecule has 1 aliphatic heterocycles. The Bertz CT molecular complexity index is 572. The minimum Gasteiger partial charge on any atom is -0.464 e. The van der Waals surface area contributed by atoms with Gasteiger partial charge in [-0.05, 0) is 18.4 Å². The van der Waals surface area contributed by atoms with Crippen molar-refractivity contribution in [3.8, 4) is 0 Å². The Morgan fingerprint density at radius 2 is 1.77 bits per heavy atom. The Kier molecular flexibility index (Phi) is 6.36. The largest absolute Gasteiger partial charge is 0.464 e. The van der Waals surface area contributed by atoms with Gasteiger partial charge in [-0.2, -0.15) is 0 Å². The minimum atomic E-state index is -0.450. The third-order valence-corrected chi connectivity index (χ3v) is 5.77. The van der Waals surface area contributed by atoms with Crippen molar-refractivity contribution >= 4 is 5.97 Å². The van der Waals surface area contributed by atoms with Crippen molar-refractivity contribution in [2.45, 2.75) is 51.4 Å². The van der Waals surface area contributed by atoms with Crippen LogP contribution in [0.2, 0.25) is 0 Å².